The van der Waals surface area contributed by atoms with Gasteiger partial charge in [0.25, 0.3) is 0 Å². The largest absolute Gasteiger partial charge is 0.389 e. The van der Waals surface area contributed by atoms with E-state index in [0.717, 1.165) is 24.1 Å². The van der Waals surface area contributed by atoms with Crippen LogP contribution in [0.3, 0.4) is 0 Å². The summed E-state index contributed by atoms with van der Waals surface area (Å²) in [5.41, 5.74) is -0.00457. The lowest BCUT2D eigenvalue weighted by Crippen LogP contribution is -2.38. The molecule has 13 heavy (non-hydrogen) atoms. The predicted molar refractivity (Wildman–Crippen MR) is 60.2 cm³/mol. The second kappa shape index (κ2) is 3.90. The second-order valence-corrected chi connectivity index (χ2v) is 6.06. The molecule has 0 amide bonds. The van der Waals surface area contributed by atoms with Crippen molar-refractivity contribution in [3.63, 3.8) is 0 Å². The van der Waals surface area contributed by atoms with E-state index in [4.69, 9.17) is 0 Å². The Balaban J connectivity index is 2.48. The van der Waals surface area contributed by atoms with E-state index in [0.29, 0.717) is 5.41 Å². The van der Waals surface area contributed by atoms with E-state index in [1.165, 1.54) is 12.8 Å². The summed E-state index contributed by atoms with van der Waals surface area (Å²) in [6.07, 6.45) is 4.26. The quantitative estimate of drug-likeness (QED) is 0.706. The van der Waals surface area contributed by atoms with Gasteiger partial charge in [-0.05, 0) is 37.0 Å². The van der Waals surface area contributed by atoms with Crippen LogP contribution in [0, 0.1) is 11.3 Å². The van der Waals surface area contributed by atoms with E-state index in [9.17, 15) is 5.11 Å². The van der Waals surface area contributed by atoms with Crippen LogP contribution in [0.4, 0.5) is 0 Å². The number of aliphatic hydroxyl groups is 1. The number of halogens is 1. The zero-order valence-electron chi connectivity index (χ0n) is 8.94. The minimum absolute atomic E-state index is 0.410. The summed E-state index contributed by atoms with van der Waals surface area (Å²) in [5.74, 6) is 0.784. The molecule has 0 radical (unpaired) electrons. The van der Waals surface area contributed by atoms with Gasteiger partial charge >= 0.3 is 0 Å². The Kier molecular flexibility index (Phi) is 3.45. The average molecular weight is 249 g/mol. The Morgan fingerprint density at radius 3 is 2.08 bits per heavy atom. The van der Waals surface area contributed by atoms with Gasteiger partial charge in [-0.2, -0.15) is 0 Å². The molecule has 0 heterocycles. The molecule has 1 saturated carbocycles. The van der Waals surface area contributed by atoms with Gasteiger partial charge in [-0.15, -0.1) is 0 Å². The van der Waals surface area contributed by atoms with Crippen LogP contribution in [-0.4, -0.2) is 16.0 Å². The first kappa shape index (κ1) is 11.5. The van der Waals surface area contributed by atoms with Gasteiger partial charge in [-0.25, -0.2) is 0 Å². The van der Waals surface area contributed by atoms with Crippen LogP contribution in [0.2, 0.25) is 0 Å². The van der Waals surface area contributed by atoms with Crippen LogP contribution in [0.5, 0.6) is 0 Å². The SMILES string of the molecule is CC(C)(C)C1CCC(O)(CBr)CC1. The third-order valence-corrected chi connectivity index (χ3v) is 4.43. The smallest absolute Gasteiger partial charge is 0.0744 e. The van der Waals surface area contributed by atoms with Crippen LogP contribution in [-0.2, 0) is 0 Å². The van der Waals surface area contributed by atoms with E-state index in [2.05, 4.69) is 36.7 Å². The molecule has 0 aromatic rings. The van der Waals surface area contributed by atoms with Crippen molar-refractivity contribution < 1.29 is 5.11 Å². The summed E-state index contributed by atoms with van der Waals surface area (Å²) in [5, 5.41) is 10.7. The van der Waals surface area contributed by atoms with Crippen molar-refractivity contribution in [3.05, 3.63) is 0 Å². The third kappa shape index (κ3) is 2.95. The Morgan fingerprint density at radius 2 is 1.77 bits per heavy atom. The molecule has 0 atom stereocenters. The van der Waals surface area contributed by atoms with Crippen LogP contribution in [0.15, 0.2) is 0 Å². The molecule has 0 aromatic heterocycles. The Labute approximate surface area is 90.0 Å². The van der Waals surface area contributed by atoms with Gasteiger partial charge in [0.05, 0.1) is 5.60 Å². The Bertz CT molecular complexity index is 163. The third-order valence-electron chi connectivity index (χ3n) is 3.39. The summed E-state index contributed by atoms with van der Waals surface area (Å²) in [6.45, 7) is 6.91. The normalized spacial score (nSPS) is 36.2. The van der Waals surface area contributed by atoms with Crippen molar-refractivity contribution in [1.29, 1.82) is 0 Å². The highest BCUT2D eigenvalue weighted by molar-refractivity contribution is 9.09. The predicted octanol–water partition coefficient (Wildman–Crippen LogP) is 3.35. The lowest BCUT2D eigenvalue weighted by atomic mass is 9.69. The van der Waals surface area contributed by atoms with Crippen LogP contribution < -0.4 is 0 Å². The maximum atomic E-state index is 10.0. The maximum Gasteiger partial charge on any atom is 0.0744 e. The maximum absolute atomic E-state index is 10.0. The molecule has 1 nitrogen and oxygen atoms in total. The highest BCUT2D eigenvalue weighted by atomic mass is 79.9. The van der Waals surface area contributed by atoms with Crippen molar-refractivity contribution in [2.45, 2.75) is 52.1 Å². The summed E-state index contributed by atoms with van der Waals surface area (Å²) in [6, 6.07) is 0. The molecule has 1 aliphatic rings. The average Bonchev–Trinajstić information content (AvgIpc) is 2.04. The molecule has 1 N–H and O–H groups in total. The molecular weight excluding hydrogens is 228 g/mol. The monoisotopic (exact) mass is 248 g/mol. The molecule has 0 aliphatic heterocycles. The van der Waals surface area contributed by atoms with Crippen LogP contribution in [0.25, 0.3) is 0 Å². The van der Waals surface area contributed by atoms with Crippen molar-refractivity contribution in [2.75, 3.05) is 5.33 Å². The molecule has 0 spiro atoms. The van der Waals surface area contributed by atoms with Gasteiger partial charge in [0, 0.05) is 5.33 Å². The fraction of sp³-hybridized carbons (Fsp3) is 1.00. The molecule has 78 valence electrons. The molecular formula is C11H21BrO. The van der Waals surface area contributed by atoms with Gasteiger partial charge in [-0.3, -0.25) is 0 Å². The first-order valence-corrected chi connectivity index (χ1v) is 6.28. The summed E-state index contributed by atoms with van der Waals surface area (Å²) in [4.78, 5) is 0. The first-order chi connectivity index (χ1) is 5.87. The van der Waals surface area contributed by atoms with Gasteiger partial charge in [-0.1, -0.05) is 36.7 Å². The molecule has 1 aliphatic carbocycles. The van der Waals surface area contributed by atoms with Crippen LogP contribution >= 0.6 is 15.9 Å². The Morgan fingerprint density at radius 1 is 1.31 bits per heavy atom. The fourth-order valence-corrected chi connectivity index (χ4v) is 2.72. The summed E-state index contributed by atoms with van der Waals surface area (Å²) in [7, 11) is 0. The molecule has 1 rings (SSSR count). The summed E-state index contributed by atoms with van der Waals surface area (Å²) >= 11 is 3.39. The zero-order chi connectivity index (χ0) is 10.1. The van der Waals surface area contributed by atoms with Gasteiger partial charge in [0.15, 0.2) is 0 Å². The van der Waals surface area contributed by atoms with Crippen LogP contribution in [0.1, 0.15) is 46.5 Å². The standard InChI is InChI=1S/C11H21BrO/c1-10(2,3)9-4-6-11(13,8-12)7-5-9/h9,13H,4-8H2,1-3H3. The fourth-order valence-electron chi connectivity index (χ4n) is 2.15. The number of alkyl halides is 1. The second-order valence-electron chi connectivity index (χ2n) is 5.50. The zero-order valence-corrected chi connectivity index (χ0v) is 10.5. The number of hydrogen-bond donors (Lipinski definition) is 1. The highest BCUT2D eigenvalue weighted by Gasteiger charge is 2.36. The molecule has 0 saturated heterocycles. The van der Waals surface area contributed by atoms with E-state index in [1.807, 2.05) is 0 Å². The molecule has 0 aromatic carbocycles. The van der Waals surface area contributed by atoms with E-state index >= 15 is 0 Å². The molecule has 2 heteroatoms. The number of hydrogen-bond acceptors (Lipinski definition) is 1. The van der Waals surface area contributed by atoms with E-state index in [-0.39, 0.29) is 0 Å². The molecule has 0 bridgehead atoms. The minimum atomic E-state index is -0.415. The van der Waals surface area contributed by atoms with Crippen molar-refractivity contribution in [2.24, 2.45) is 11.3 Å². The van der Waals surface area contributed by atoms with Crippen molar-refractivity contribution >= 4 is 15.9 Å². The van der Waals surface area contributed by atoms with Crippen molar-refractivity contribution in [1.82, 2.24) is 0 Å². The van der Waals surface area contributed by atoms with Crippen molar-refractivity contribution in [3.8, 4) is 0 Å². The highest BCUT2D eigenvalue weighted by Crippen LogP contribution is 2.41. The molecule has 1 fully saturated rings. The molecule has 0 unspecified atom stereocenters. The Hall–Kier alpha value is 0.440. The summed E-state index contributed by atoms with van der Waals surface area (Å²) < 4.78 is 0. The van der Waals surface area contributed by atoms with Gasteiger partial charge < -0.3 is 5.11 Å². The van der Waals surface area contributed by atoms with Gasteiger partial charge in [0.2, 0.25) is 0 Å². The van der Waals surface area contributed by atoms with E-state index < -0.39 is 5.60 Å². The lowest BCUT2D eigenvalue weighted by molar-refractivity contribution is -0.00481. The minimum Gasteiger partial charge on any atom is -0.389 e. The number of rotatable bonds is 1. The first-order valence-electron chi connectivity index (χ1n) is 5.16. The van der Waals surface area contributed by atoms with E-state index in [1.54, 1.807) is 0 Å². The lowest BCUT2D eigenvalue weighted by Gasteiger charge is -2.40. The topological polar surface area (TPSA) is 20.2 Å². The van der Waals surface area contributed by atoms with Gasteiger partial charge in [0.1, 0.15) is 0 Å².